The minimum Gasteiger partial charge on any atom is -0.497 e. The number of ether oxygens (including phenoxy) is 1. The van der Waals surface area contributed by atoms with Gasteiger partial charge in [0.05, 0.1) is 7.11 Å². The zero-order valence-corrected chi connectivity index (χ0v) is 12.3. The largest absolute Gasteiger partial charge is 0.497 e. The number of piperazine rings is 1. The van der Waals surface area contributed by atoms with Crippen LogP contribution in [0.15, 0.2) is 24.3 Å². The number of carbonyl (C=O) groups excluding carboxylic acids is 1. The molecule has 6 nitrogen and oxygen atoms in total. The summed E-state index contributed by atoms with van der Waals surface area (Å²) in [6.45, 7) is 3.78. The Balaban J connectivity index is 2.12. The number of methoxy groups -OCH3 is 1. The number of hydrogen-bond acceptors (Lipinski definition) is 4. The first-order valence-corrected chi connectivity index (χ1v) is 6.89. The summed E-state index contributed by atoms with van der Waals surface area (Å²) in [6.07, 6.45) is 0. The van der Waals surface area contributed by atoms with E-state index in [1.54, 1.807) is 36.3 Å². The molecule has 1 saturated heterocycles. The molecule has 2 rings (SSSR count). The number of benzene rings is 1. The van der Waals surface area contributed by atoms with Crippen LogP contribution >= 0.6 is 0 Å². The minimum atomic E-state index is -0.878. The van der Waals surface area contributed by atoms with Crippen molar-refractivity contribution in [1.82, 2.24) is 9.80 Å². The highest BCUT2D eigenvalue weighted by Gasteiger charge is 2.30. The molecule has 1 amide bonds. The van der Waals surface area contributed by atoms with E-state index in [4.69, 9.17) is 4.74 Å². The van der Waals surface area contributed by atoms with E-state index in [1.165, 1.54) is 6.92 Å². The van der Waals surface area contributed by atoms with E-state index in [1.807, 2.05) is 4.90 Å². The van der Waals surface area contributed by atoms with Crippen molar-refractivity contribution in [2.45, 2.75) is 13.0 Å². The Labute approximate surface area is 123 Å². The maximum Gasteiger partial charge on any atom is 0.325 e. The van der Waals surface area contributed by atoms with E-state index in [9.17, 15) is 14.7 Å². The molecule has 0 bridgehead atoms. The van der Waals surface area contributed by atoms with Gasteiger partial charge in [-0.2, -0.15) is 0 Å². The Kier molecular flexibility index (Phi) is 4.80. The summed E-state index contributed by atoms with van der Waals surface area (Å²) < 4.78 is 5.09. The average molecular weight is 292 g/mol. The van der Waals surface area contributed by atoms with Crippen molar-refractivity contribution < 1.29 is 19.4 Å². The fourth-order valence-corrected chi connectivity index (χ4v) is 2.59. The second kappa shape index (κ2) is 6.58. The fourth-order valence-electron chi connectivity index (χ4n) is 2.59. The highest BCUT2D eigenvalue weighted by atomic mass is 16.5. The Morgan fingerprint density at radius 2 is 1.71 bits per heavy atom. The van der Waals surface area contributed by atoms with Gasteiger partial charge in [-0.25, -0.2) is 0 Å². The molecule has 0 aliphatic carbocycles. The van der Waals surface area contributed by atoms with Gasteiger partial charge in [-0.1, -0.05) is 12.1 Å². The van der Waals surface area contributed by atoms with Gasteiger partial charge in [0.25, 0.3) is 0 Å². The standard InChI is InChI=1S/C15H20N2O4/c1-11(18)16-7-9-17(10-8-16)14(15(19)20)12-3-5-13(21-2)6-4-12/h3-6,14H,7-10H2,1-2H3,(H,19,20). The topological polar surface area (TPSA) is 70.1 Å². The predicted molar refractivity (Wildman–Crippen MR) is 77.2 cm³/mol. The van der Waals surface area contributed by atoms with Crippen LogP contribution in [0.2, 0.25) is 0 Å². The summed E-state index contributed by atoms with van der Waals surface area (Å²) >= 11 is 0. The molecule has 1 aliphatic heterocycles. The molecule has 1 aromatic rings. The van der Waals surface area contributed by atoms with Gasteiger partial charge < -0.3 is 14.7 Å². The van der Waals surface area contributed by atoms with Crippen LogP contribution in [0.5, 0.6) is 5.75 Å². The molecule has 0 saturated carbocycles. The van der Waals surface area contributed by atoms with Gasteiger partial charge >= 0.3 is 5.97 Å². The predicted octanol–water partition coefficient (Wildman–Crippen LogP) is 0.985. The molecule has 0 radical (unpaired) electrons. The Bertz CT molecular complexity index is 507. The van der Waals surface area contributed by atoms with Gasteiger partial charge in [0.15, 0.2) is 0 Å². The first kappa shape index (κ1) is 15.3. The Hall–Kier alpha value is -2.08. The summed E-state index contributed by atoms with van der Waals surface area (Å²) in [5.74, 6) is -0.147. The van der Waals surface area contributed by atoms with Gasteiger partial charge in [0.1, 0.15) is 11.8 Å². The van der Waals surface area contributed by atoms with Crippen LogP contribution in [0.4, 0.5) is 0 Å². The molecule has 0 spiro atoms. The van der Waals surface area contributed by atoms with Crippen LogP contribution in [-0.2, 0) is 9.59 Å². The third-order valence-corrected chi connectivity index (χ3v) is 3.79. The number of carboxylic acids is 1. The van der Waals surface area contributed by atoms with Crippen molar-refractivity contribution in [2.75, 3.05) is 33.3 Å². The first-order chi connectivity index (χ1) is 10.0. The molecule has 1 fully saturated rings. The summed E-state index contributed by atoms with van der Waals surface area (Å²) in [5.41, 5.74) is 0.722. The number of rotatable bonds is 4. The van der Waals surface area contributed by atoms with Gasteiger partial charge in [0, 0.05) is 33.1 Å². The fraction of sp³-hybridized carbons (Fsp3) is 0.467. The molecule has 1 aliphatic rings. The molecule has 1 aromatic carbocycles. The molecule has 6 heteroatoms. The second-order valence-electron chi connectivity index (χ2n) is 5.06. The highest BCUT2D eigenvalue weighted by molar-refractivity contribution is 5.76. The van der Waals surface area contributed by atoms with Crippen molar-refractivity contribution in [2.24, 2.45) is 0 Å². The monoisotopic (exact) mass is 292 g/mol. The quantitative estimate of drug-likeness (QED) is 0.896. The van der Waals surface area contributed by atoms with E-state index < -0.39 is 12.0 Å². The normalized spacial score (nSPS) is 17.3. The van der Waals surface area contributed by atoms with Crippen LogP contribution in [0.3, 0.4) is 0 Å². The molecular formula is C15H20N2O4. The van der Waals surface area contributed by atoms with E-state index in [0.29, 0.717) is 31.9 Å². The van der Waals surface area contributed by atoms with Crippen LogP contribution in [0.25, 0.3) is 0 Å². The number of carboxylic acid groups (broad SMARTS) is 1. The van der Waals surface area contributed by atoms with Gasteiger partial charge in [-0.15, -0.1) is 0 Å². The van der Waals surface area contributed by atoms with E-state index in [-0.39, 0.29) is 5.91 Å². The summed E-state index contributed by atoms with van der Waals surface area (Å²) in [7, 11) is 1.57. The second-order valence-corrected chi connectivity index (χ2v) is 5.06. The third-order valence-electron chi connectivity index (χ3n) is 3.79. The summed E-state index contributed by atoms with van der Waals surface area (Å²) in [4.78, 5) is 26.6. The lowest BCUT2D eigenvalue weighted by Crippen LogP contribution is -2.50. The SMILES string of the molecule is COc1ccc(C(C(=O)O)N2CCN(C(C)=O)CC2)cc1. The van der Waals surface area contributed by atoms with Crippen LogP contribution in [-0.4, -0.2) is 60.1 Å². The van der Waals surface area contributed by atoms with Gasteiger partial charge in [-0.05, 0) is 17.7 Å². The lowest BCUT2D eigenvalue weighted by molar-refractivity contribution is -0.145. The molecule has 1 N–H and O–H groups in total. The maximum atomic E-state index is 11.6. The van der Waals surface area contributed by atoms with E-state index in [2.05, 4.69) is 0 Å². The van der Waals surface area contributed by atoms with Crippen LogP contribution < -0.4 is 4.74 Å². The molecule has 1 atom stereocenters. The summed E-state index contributed by atoms with van der Waals surface area (Å²) in [5, 5.41) is 9.53. The van der Waals surface area contributed by atoms with Gasteiger partial charge in [-0.3, -0.25) is 14.5 Å². The zero-order chi connectivity index (χ0) is 15.4. The molecule has 0 aromatic heterocycles. The lowest BCUT2D eigenvalue weighted by Gasteiger charge is -2.37. The minimum absolute atomic E-state index is 0.0333. The van der Waals surface area contributed by atoms with Gasteiger partial charge in [0.2, 0.25) is 5.91 Å². The van der Waals surface area contributed by atoms with Crippen molar-refractivity contribution in [3.05, 3.63) is 29.8 Å². The number of amides is 1. The smallest absolute Gasteiger partial charge is 0.325 e. The van der Waals surface area contributed by atoms with E-state index >= 15 is 0 Å². The number of carbonyl (C=O) groups is 2. The maximum absolute atomic E-state index is 11.6. The molecular weight excluding hydrogens is 272 g/mol. The number of hydrogen-bond donors (Lipinski definition) is 1. The first-order valence-electron chi connectivity index (χ1n) is 6.89. The zero-order valence-electron chi connectivity index (χ0n) is 12.3. The van der Waals surface area contributed by atoms with Crippen LogP contribution in [0, 0.1) is 0 Å². The lowest BCUT2D eigenvalue weighted by atomic mass is 10.0. The van der Waals surface area contributed by atoms with Crippen molar-refractivity contribution >= 4 is 11.9 Å². The molecule has 1 heterocycles. The molecule has 114 valence electrons. The Morgan fingerprint density at radius 1 is 1.14 bits per heavy atom. The average Bonchev–Trinajstić information content (AvgIpc) is 2.48. The number of nitrogens with zero attached hydrogens (tertiary/aromatic N) is 2. The Morgan fingerprint density at radius 3 is 2.14 bits per heavy atom. The highest BCUT2D eigenvalue weighted by Crippen LogP contribution is 2.24. The molecule has 1 unspecified atom stereocenters. The summed E-state index contributed by atoms with van der Waals surface area (Å²) in [6, 6.07) is 6.38. The number of aliphatic carboxylic acids is 1. The van der Waals surface area contributed by atoms with Crippen molar-refractivity contribution in [3.8, 4) is 5.75 Å². The molecule has 21 heavy (non-hydrogen) atoms. The van der Waals surface area contributed by atoms with Crippen LogP contribution in [0.1, 0.15) is 18.5 Å². The third kappa shape index (κ3) is 3.52. The van der Waals surface area contributed by atoms with Crippen molar-refractivity contribution in [3.63, 3.8) is 0 Å². The van der Waals surface area contributed by atoms with Crippen molar-refractivity contribution in [1.29, 1.82) is 0 Å². The van der Waals surface area contributed by atoms with E-state index in [0.717, 1.165) is 5.56 Å².